The summed E-state index contributed by atoms with van der Waals surface area (Å²) < 4.78 is 20.8. The van der Waals surface area contributed by atoms with Crippen molar-refractivity contribution in [2.45, 2.75) is 29.7 Å². The minimum atomic E-state index is -0.266. The summed E-state index contributed by atoms with van der Waals surface area (Å²) in [7, 11) is 1.59. The Bertz CT molecular complexity index is 878. The summed E-state index contributed by atoms with van der Waals surface area (Å²) >= 11 is 1.50. The van der Waals surface area contributed by atoms with E-state index in [2.05, 4.69) is 5.10 Å². The number of hydrogen-bond acceptors (Lipinski definition) is 4. The minimum absolute atomic E-state index is 0.266. The molecule has 0 atom stereocenters. The molecular weight excluding hydrogens is 337 g/mol. The molecule has 128 valence electrons. The molecule has 1 heterocycles. The smallest absolute Gasteiger partial charge is 0.209 e. The van der Waals surface area contributed by atoms with Gasteiger partial charge < -0.3 is 4.74 Å². The number of methoxy groups -OCH3 is 1. The lowest BCUT2D eigenvalue weighted by Gasteiger charge is -2.06. The zero-order valence-corrected chi connectivity index (χ0v) is 14.7. The molecule has 0 saturated heterocycles. The average Bonchev–Trinajstić information content (AvgIpc) is 3.40. The third-order valence-corrected chi connectivity index (χ3v) is 5.04. The summed E-state index contributed by atoms with van der Waals surface area (Å²) in [5.41, 5.74) is 1.82. The van der Waals surface area contributed by atoms with Crippen LogP contribution >= 0.6 is 11.8 Å². The van der Waals surface area contributed by atoms with Crippen molar-refractivity contribution in [1.29, 1.82) is 0 Å². The third-order valence-electron chi connectivity index (χ3n) is 4.16. The Hall–Kier alpha value is -2.34. The van der Waals surface area contributed by atoms with Gasteiger partial charge in [-0.3, -0.25) is 0 Å². The highest BCUT2D eigenvalue weighted by Gasteiger charge is 2.30. The molecule has 2 aromatic carbocycles. The van der Waals surface area contributed by atoms with Crippen molar-refractivity contribution in [2.75, 3.05) is 7.11 Å². The molecule has 1 aliphatic rings. The quantitative estimate of drug-likeness (QED) is 0.607. The lowest BCUT2D eigenvalue weighted by Crippen LogP contribution is -2.01. The molecule has 1 aliphatic carbocycles. The predicted molar refractivity (Wildman–Crippen MR) is 95.8 cm³/mol. The summed E-state index contributed by atoms with van der Waals surface area (Å²) in [5.74, 6) is 2.48. The van der Waals surface area contributed by atoms with Crippen LogP contribution in [0.15, 0.2) is 53.7 Å². The first-order chi connectivity index (χ1) is 12.2. The lowest BCUT2D eigenvalue weighted by atomic mass is 10.2. The van der Waals surface area contributed by atoms with E-state index in [1.165, 1.54) is 23.9 Å². The Labute approximate surface area is 150 Å². The maximum Gasteiger partial charge on any atom is 0.209 e. The highest BCUT2D eigenvalue weighted by Crippen LogP contribution is 2.40. The Kier molecular flexibility index (Phi) is 4.44. The van der Waals surface area contributed by atoms with E-state index >= 15 is 0 Å². The average molecular weight is 355 g/mol. The van der Waals surface area contributed by atoms with Gasteiger partial charge in [0, 0.05) is 17.2 Å². The third kappa shape index (κ3) is 3.54. The molecule has 25 heavy (non-hydrogen) atoms. The van der Waals surface area contributed by atoms with E-state index in [-0.39, 0.29) is 5.82 Å². The SMILES string of the molecule is COc1ccc(F)cc1CSc1nc(C2CC2)n(-c2ccccc2)n1. The topological polar surface area (TPSA) is 39.9 Å². The Balaban J connectivity index is 1.59. The van der Waals surface area contributed by atoms with Gasteiger partial charge in [0.2, 0.25) is 5.16 Å². The van der Waals surface area contributed by atoms with E-state index in [1.54, 1.807) is 13.2 Å². The number of nitrogens with zero attached hydrogens (tertiary/aromatic N) is 3. The van der Waals surface area contributed by atoms with Gasteiger partial charge >= 0.3 is 0 Å². The Morgan fingerprint density at radius 1 is 1.20 bits per heavy atom. The van der Waals surface area contributed by atoms with E-state index in [4.69, 9.17) is 9.72 Å². The second kappa shape index (κ2) is 6.88. The molecule has 0 N–H and O–H groups in total. The highest BCUT2D eigenvalue weighted by atomic mass is 32.2. The maximum absolute atomic E-state index is 13.5. The van der Waals surface area contributed by atoms with Crippen molar-refractivity contribution in [1.82, 2.24) is 14.8 Å². The van der Waals surface area contributed by atoms with Gasteiger partial charge in [0.05, 0.1) is 12.8 Å². The van der Waals surface area contributed by atoms with Crippen LogP contribution in [0.25, 0.3) is 5.69 Å². The predicted octanol–water partition coefficient (Wildman–Crippen LogP) is 4.58. The van der Waals surface area contributed by atoms with Crippen molar-refractivity contribution in [2.24, 2.45) is 0 Å². The normalized spacial score (nSPS) is 13.8. The van der Waals surface area contributed by atoms with Crippen molar-refractivity contribution in [3.8, 4) is 11.4 Å². The van der Waals surface area contributed by atoms with Crippen molar-refractivity contribution in [3.05, 3.63) is 65.7 Å². The lowest BCUT2D eigenvalue weighted by molar-refractivity contribution is 0.410. The van der Waals surface area contributed by atoms with Crippen LogP contribution in [0.1, 0.15) is 30.1 Å². The molecule has 0 spiro atoms. The molecule has 1 fully saturated rings. The van der Waals surface area contributed by atoms with Gasteiger partial charge in [0.25, 0.3) is 0 Å². The number of rotatable bonds is 6. The first-order valence-corrected chi connectivity index (χ1v) is 9.21. The van der Waals surface area contributed by atoms with Gasteiger partial charge in [-0.2, -0.15) is 0 Å². The fraction of sp³-hybridized carbons (Fsp3) is 0.263. The largest absolute Gasteiger partial charge is 0.496 e. The second-order valence-corrected chi connectivity index (χ2v) is 6.96. The van der Waals surface area contributed by atoms with Crippen LogP contribution in [0.4, 0.5) is 4.39 Å². The Morgan fingerprint density at radius 3 is 2.72 bits per heavy atom. The zero-order valence-electron chi connectivity index (χ0n) is 13.9. The molecule has 4 nitrogen and oxygen atoms in total. The summed E-state index contributed by atoms with van der Waals surface area (Å²) in [4.78, 5) is 4.72. The van der Waals surface area contributed by atoms with Crippen molar-refractivity contribution in [3.63, 3.8) is 0 Å². The molecule has 6 heteroatoms. The molecule has 4 rings (SSSR count). The highest BCUT2D eigenvalue weighted by molar-refractivity contribution is 7.98. The first kappa shape index (κ1) is 16.1. The van der Waals surface area contributed by atoms with Crippen LogP contribution in [-0.2, 0) is 5.75 Å². The monoisotopic (exact) mass is 355 g/mol. The number of ether oxygens (including phenoxy) is 1. The van der Waals surface area contributed by atoms with Gasteiger partial charge in [0.1, 0.15) is 17.4 Å². The van der Waals surface area contributed by atoms with Gasteiger partial charge in [-0.1, -0.05) is 30.0 Å². The molecule has 0 bridgehead atoms. The second-order valence-electron chi connectivity index (χ2n) is 6.02. The van der Waals surface area contributed by atoms with E-state index in [0.717, 1.165) is 29.9 Å². The van der Waals surface area contributed by atoms with Crippen LogP contribution in [-0.4, -0.2) is 21.9 Å². The van der Waals surface area contributed by atoms with Crippen molar-refractivity contribution >= 4 is 11.8 Å². The van der Waals surface area contributed by atoms with Crippen LogP contribution < -0.4 is 4.74 Å². The van der Waals surface area contributed by atoms with Crippen LogP contribution in [0.5, 0.6) is 5.75 Å². The van der Waals surface area contributed by atoms with Crippen molar-refractivity contribution < 1.29 is 9.13 Å². The summed E-state index contributed by atoms with van der Waals surface area (Å²) in [6, 6.07) is 14.6. The van der Waals surface area contributed by atoms with E-state index in [0.29, 0.717) is 22.6 Å². The summed E-state index contributed by atoms with van der Waals surface area (Å²) in [6.07, 6.45) is 2.32. The van der Waals surface area contributed by atoms with Gasteiger partial charge in [0.15, 0.2) is 0 Å². The molecule has 1 saturated carbocycles. The van der Waals surface area contributed by atoms with Crippen LogP contribution in [0, 0.1) is 5.82 Å². The summed E-state index contributed by atoms with van der Waals surface area (Å²) in [6.45, 7) is 0. The molecule has 3 aromatic rings. The number of para-hydroxylation sites is 1. The first-order valence-electron chi connectivity index (χ1n) is 8.22. The standard InChI is InChI=1S/C19H18FN3OS/c1-24-17-10-9-15(20)11-14(17)12-25-19-21-18(13-7-8-13)23(22-19)16-5-3-2-4-6-16/h2-6,9-11,13H,7-8,12H2,1H3. The molecule has 0 unspecified atom stereocenters. The van der Waals surface area contributed by atoms with Gasteiger partial charge in [-0.25, -0.2) is 14.1 Å². The molecule has 0 aliphatic heterocycles. The maximum atomic E-state index is 13.5. The van der Waals surface area contributed by atoms with Crippen LogP contribution in [0.2, 0.25) is 0 Å². The van der Waals surface area contributed by atoms with E-state index < -0.39 is 0 Å². The zero-order chi connectivity index (χ0) is 17.2. The number of hydrogen-bond donors (Lipinski definition) is 0. The van der Waals surface area contributed by atoms with Crippen LogP contribution in [0.3, 0.4) is 0 Å². The molecular formula is C19H18FN3OS. The van der Waals surface area contributed by atoms with Gasteiger partial charge in [-0.05, 0) is 43.2 Å². The number of benzene rings is 2. The number of aromatic nitrogens is 3. The Morgan fingerprint density at radius 2 is 2.00 bits per heavy atom. The van der Waals surface area contributed by atoms with E-state index in [1.807, 2.05) is 35.0 Å². The summed E-state index contributed by atoms with van der Waals surface area (Å²) in [5, 5.41) is 5.37. The van der Waals surface area contributed by atoms with E-state index in [9.17, 15) is 4.39 Å². The van der Waals surface area contributed by atoms with Gasteiger partial charge in [-0.15, -0.1) is 5.10 Å². The molecule has 0 radical (unpaired) electrons. The fourth-order valence-corrected chi connectivity index (χ4v) is 3.54. The molecule has 1 aromatic heterocycles. The molecule has 0 amide bonds. The number of thioether (sulfide) groups is 1. The fourth-order valence-electron chi connectivity index (χ4n) is 2.73. The number of halogens is 1. The minimum Gasteiger partial charge on any atom is -0.496 e.